The average Bonchev–Trinajstić information content (AvgIpc) is 3.20. The van der Waals surface area contributed by atoms with E-state index in [-0.39, 0.29) is 11.3 Å². The Kier molecular flexibility index (Phi) is 6.03. The molecule has 0 aliphatic carbocycles. The van der Waals surface area contributed by atoms with Gasteiger partial charge in [0.2, 0.25) is 5.91 Å². The zero-order valence-electron chi connectivity index (χ0n) is 16.4. The van der Waals surface area contributed by atoms with Crippen LogP contribution < -0.4 is 10.1 Å². The summed E-state index contributed by atoms with van der Waals surface area (Å²) in [7, 11) is 0. The number of ether oxygens (including phenoxy) is 1. The van der Waals surface area contributed by atoms with Crippen LogP contribution in [0.4, 0.5) is 5.69 Å². The van der Waals surface area contributed by atoms with Crippen molar-refractivity contribution in [2.75, 3.05) is 11.9 Å². The fourth-order valence-corrected chi connectivity index (χ4v) is 2.63. The van der Waals surface area contributed by atoms with Gasteiger partial charge in [0, 0.05) is 6.42 Å². The molecule has 3 aromatic rings. The summed E-state index contributed by atoms with van der Waals surface area (Å²) in [6, 6.07) is 11.7. The molecule has 0 bridgehead atoms. The highest BCUT2D eigenvalue weighted by Gasteiger charge is 2.13. The van der Waals surface area contributed by atoms with Crippen molar-refractivity contribution in [2.24, 2.45) is 0 Å². The topological polar surface area (TPSA) is 81.9 Å². The summed E-state index contributed by atoms with van der Waals surface area (Å²) < 4.78 is 7.42. The molecule has 2 aromatic heterocycles. The molecule has 146 valence electrons. The summed E-state index contributed by atoms with van der Waals surface area (Å²) in [5, 5.41) is 10.3. The lowest BCUT2D eigenvalue weighted by Crippen LogP contribution is -2.13. The second-order valence-corrected chi connectivity index (χ2v) is 7.55. The van der Waals surface area contributed by atoms with Crippen LogP contribution in [-0.2, 0) is 10.2 Å². The molecule has 0 saturated carbocycles. The Balaban J connectivity index is 1.40. The molecule has 7 heteroatoms. The minimum Gasteiger partial charge on any atom is -0.494 e. The van der Waals surface area contributed by atoms with Gasteiger partial charge >= 0.3 is 0 Å². The predicted octanol–water partition coefficient (Wildman–Crippen LogP) is 3.76. The zero-order valence-corrected chi connectivity index (χ0v) is 16.4. The fourth-order valence-electron chi connectivity index (χ4n) is 2.63. The summed E-state index contributed by atoms with van der Waals surface area (Å²) in [4.78, 5) is 16.4. The van der Waals surface area contributed by atoms with Crippen molar-refractivity contribution in [1.29, 1.82) is 0 Å². The highest BCUT2D eigenvalue weighted by atomic mass is 16.5. The van der Waals surface area contributed by atoms with E-state index >= 15 is 0 Å². The van der Waals surface area contributed by atoms with E-state index in [0.717, 1.165) is 5.75 Å². The second kappa shape index (κ2) is 8.65. The van der Waals surface area contributed by atoms with Crippen LogP contribution in [0.3, 0.4) is 0 Å². The van der Waals surface area contributed by atoms with Gasteiger partial charge in [-0.15, -0.1) is 10.2 Å². The molecule has 0 aliphatic rings. The Morgan fingerprint density at radius 2 is 1.79 bits per heavy atom. The van der Waals surface area contributed by atoms with Crippen LogP contribution in [0.2, 0.25) is 0 Å². The maximum absolute atomic E-state index is 12.1. The number of carbonyl (C=O) groups excluding carboxylic acids is 1. The van der Waals surface area contributed by atoms with Gasteiger partial charge in [-0.25, -0.2) is 4.98 Å². The molecule has 0 saturated heterocycles. The minimum atomic E-state index is -0.0643. The van der Waals surface area contributed by atoms with Crippen molar-refractivity contribution in [1.82, 2.24) is 19.7 Å². The van der Waals surface area contributed by atoms with Crippen LogP contribution in [0.25, 0.3) is 5.82 Å². The average molecular weight is 379 g/mol. The lowest BCUT2D eigenvalue weighted by Gasteiger charge is -2.19. The first-order valence-electron chi connectivity index (χ1n) is 9.26. The van der Waals surface area contributed by atoms with Crippen molar-refractivity contribution in [3.05, 3.63) is 60.8 Å². The number of hydrogen-bond acceptors (Lipinski definition) is 5. The van der Waals surface area contributed by atoms with Gasteiger partial charge in [0.1, 0.15) is 24.2 Å². The van der Waals surface area contributed by atoms with E-state index in [4.69, 9.17) is 4.74 Å². The molecule has 0 spiro atoms. The lowest BCUT2D eigenvalue weighted by molar-refractivity contribution is -0.116. The SMILES string of the molecule is CC(C)(C)c1ccc(OCCCC(=O)Nc2ccc(-n3cnnc3)nc2)cc1. The Labute approximate surface area is 164 Å². The van der Waals surface area contributed by atoms with E-state index in [1.165, 1.54) is 5.56 Å². The summed E-state index contributed by atoms with van der Waals surface area (Å²) in [5.41, 5.74) is 2.04. The number of hydrogen-bond donors (Lipinski definition) is 1. The number of nitrogens with one attached hydrogen (secondary N) is 1. The summed E-state index contributed by atoms with van der Waals surface area (Å²) in [6.45, 7) is 7.03. The number of rotatable bonds is 7. The summed E-state index contributed by atoms with van der Waals surface area (Å²) >= 11 is 0. The molecule has 1 amide bonds. The van der Waals surface area contributed by atoms with Gasteiger partial charge in [-0.1, -0.05) is 32.9 Å². The third-order valence-corrected chi connectivity index (χ3v) is 4.25. The number of anilines is 1. The maximum Gasteiger partial charge on any atom is 0.224 e. The van der Waals surface area contributed by atoms with Crippen molar-refractivity contribution in [2.45, 2.75) is 39.0 Å². The van der Waals surface area contributed by atoms with E-state index in [1.807, 2.05) is 12.1 Å². The molecule has 2 heterocycles. The molecular weight excluding hydrogens is 354 g/mol. The highest BCUT2D eigenvalue weighted by molar-refractivity contribution is 5.90. The van der Waals surface area contributed by atoms with Crippen LogP contribution in [0.1, 0.15) is 39.2 Å². The monoisotopic (exact) mass is 379 g/mol. The van der Waals surface area contributed by atoms with Crippen LogP contribution in [0.5, 0.6) is 5.75 Å². The van der Waals surface area contributed by atoms with Crippen molar-refractivity contribution < 1.29 is 9.53 Å². The van der Waals surface area contributed by atoms with Crippen LogP contribution in [-0.4, -0.2) is 32.3 Å². The molecule has 3 rings (SSSR count). The van der Waals surface area contributed by atoms with Crippen molar-refractivity contribution in [3.63, 3.8) is 0 Å². The van der Waals surface area contributed by atoms with Crippen LogP contribution in [0.15, 0.2) is 55.2 Å². The number of pyridine rings is 1. The molecule has 7 nitrogen and oxygen atoms in total. The predicted molar refractivity (Wildman–Crippen MR) is 108 cm³/mol. The van der Waals surface area contributed by atoms with E-state index in [0.29, 0.717) is 31.0 Å². The zero-order chi connectivity index (χ0) is 20.0. The van der Waals surface area contributed by atoms with Gasteiger partial charge in [-0.2, -0.15) is 0 Å². The van der Waals surface area contributed by atoms with Gasteiger partial charge in [-0.3, -0.25) is 9.36 Å². The Bertz CT molecular complexity index is 882. The van der Waals surface area contributed by atoms with E-state index in [2.05, 4.69) is 53.4 Å². The third-order valence-electron chi connectivity index (χ3n) is 4.25. The maximum atomic E-state index is 12.1. The molecule has 1 aromatic carbocycles. The van der Waals surface area contributed by atoms with Gasteiger partial charge in [0.15, 0.2) is 0 Å². The molecule has 0 atom stereocenters. The molecule has 0 fully saturated rings. The van der Waals surface area contributed by atoms with E-state index in [9.17, 15) is 4.79 Å². The fraction of sp³-hybridized carbons (Fsp3) is 0.333. The van der Waals surface area contributed by atoms with Crippen LogP contribution in [0, 0.1) is 0 Å². The van der Waals surface area contributed by atoms with Gasteiger partial charge < -0.3 is 10.1 Å². The van der Waals surface area contributed by atoms with Crippen molar-refractivity contribution in [3.8, 4) is 11.6 Å². The van der Waals surface area contributed by atoms with Crippen LogP contribution >= 0.6 is 0 Å². The Morgan fingerprint density at radius 1 is 1.07 bits per heavy atom. The first-order valence-corrected chi connectivity index (χ1v) is 9.26. The van der Waals surface area contributed by atoms with Crippen molar-refractivity contribution >= 4 is 11.6 Å². The van der Waals surface area contributed by atoms with Gasteiger partial charge in [-0.05, 0) is 41.7 Å². The summed E-state index contributed by atoms with van der Waals surface area (Å²) in [5.74, 6) is 1.45. The highest BCUT2D eigenvalue weighted by Crippen LogP contribution is 2.24. The third kappa shape index (κ3) is 5.39. The standard InChI is InChI=1S/C21H25N5O2/c1-21(2,3)16-6-9-18(10-7-16)28-12-4-5-20(27)25-17-8-11-19(22-13-17)26-14-23-24-15-26/h6-11,13-15H,4-5,12H2,1-3H3,(H,25,27). The molecule has 0 unspecified atom stereocenters. The lowest BCUT2D eigenvalue weighted by atomic mass is 9.87. The van der Waals surface area contributed by atoms with E-state index in [1.54, 1.807) is 35.6 Å². The Hall–Kier alpha value is -3.22. The molecule has 28 heavy (non-hydrogen) atoms. The smallest absolute Gasteiger partial charge is 0.224 e. The number of aromatic nitrogens is 4. The number of carbonyl (C=O) groups is 1. The molecule has 0 radical (unpaired) electrons. The second-order valence-electron chi connectivity index (χ2n) is 7.55. The number of amides is 1. The van der Waals surface area contributed by atoms with E-state index < -0.39 is 0 Å². The summed E-state index contributed by atoms with van der Waals surface area (Å²) in [6.07, 6.45) is 5.77. The number of benzene rings is 1. The quantitative estimate of drug-likeness (QED) is 0.632. The number of nitrogens with zero attached hydrogens (tertiary/aromatic N) is 4. The normalized spacial score (nSPS) is 11.2. The first-order chi connectivity index (χ1) is 13.4. The largest absolute Gasteiger partial charge is 0.494 e. The molecule has 1 N–H and O–H groups in total. The first kappa shape index (κ1) is 19.5. The Morgan fingerprint density at radius 3 is 2.39 bits per heavy atom. The molecular formula is C21H25N5O2. The van der Waals surface area contributed by atoms with Gasteiger partial charge in [0.05, 0.1) is 18.5 Å². The van der Waals surface area contributed by atoms with Gasteiger partial charge in [0.25, 0.3) is 0 Å². The molecule has 0 aliphatic heterocycles. The minimum absolute atomic E-state index is 0.0643.